The van der Waals surface area contributed by atoms with Crippen molar-refractivity contribution in [3.05, 3.63) is 11.8 Å². The first-order valence-electron chi connectivity index (χ1n) is 4.29. The van der Waals surface area contributed by atoms with E-state index >= 15 is 0 Å². The fraction of sp³-hybridized carbons (Fsp3) is 0.667. The Bertz CT molecular complexity index is 164. The second kappa shape index (κ2) is 6.70. The van der Waals surface area contributed by atoms with E-state index in [1.807, 2.05) is 0 Å². The van der Waals surface area contributed by atoms with E-state index in [0.717, 1.165) is 13.0 Å². The lowest BCUT2D eigenvalue weighted by atomic mass is 10.3. The average Bonchev–Trinajstić information content (AvgIpc) is 2.05. The summed E-state index contributed by atoms with van der Waals surface area (Å²) in [5.74, 6) is -0.249. The Morgan fingerprint density at radius 1 is 1.50 bits per heavy atom. The summed E-state index contributed by atoms with van der Waals surface area (Å²) >= 11 is 0. The average molecular weight is 171 g/mol. The zero-order chi connectivity index (χ0) is 9.40. The predicted molar refractivity (Wildman–Crippen MR) is 48.7 cm³/mol. The minimum Gasteiger partial charge on any atom is -0.463 e. The normalized spacial score (nSPS) is 11.1. The van der Waals surface area contributed by atoms with E-state index in [-0.39, 0.29) is 5.97 Å². The van der Waals surface area contributed by atoms with Crippen LogP contribution in [-0.4, -0.2) is 19.1 Å². The van der Waals surface area contributed by atoms with Gasteiger partial charge < -0.3 is 10.1 Å². The number of nitrogens with one attached hydrogen (secondary N) is 1. The van der Waals surface area contributed by atoms with Gasteiger partial charge in [-0.15, -0.1) is 0 Å². The summed E-state index contributed by atoms with van der Waals surface area (Å²) in [5, 5.41) is 3.01. The number of carbonyl (C=O) groups is 1. The van der Waals surface area contributed by atoms with Gasteiger partial charge in [-0.3, -0.25) is 0 Å². The number of ether oxygens (including phenoxy) is 1. The second-order valence-electron chi connectivity index (χ2n) is 2.50. The van der Waals surface area contributed by atoms with E-state index in [0.29, 0.717) is 12.2 Å². The van der Waals surface area contributed by atoms with Crippen LogP contribution < -0.4 is 5.32 Å². The van der Waals surface area contributed by atoms with Crippen LogP contribution in [0.25, 0.3) is 0 Å². The zero-order valence-electron chi connectivity index (χ0n) is 8.02. The summed E-state index contributed by atoms with van der Waals surface area (Å²) < 4.78 is 4.79. The van der Waals surface area contributed by atoms with Crippen LogP contribution in [0.4, 0.5) is 0 Å². The van der Waals surface area contributed by atoms with E-state index in [2.05, 4.69) is 12.2 Å². The third kappa shape index (κ3) is 4.77. The molecule has 0 amide bonds. The molecule has 0 aromatic carbocycles. The van der Waals surface area contributed by atoms with E-state index in [1.165, 1.54) is 0 Å². The van der Waals surface area contributed by atoms with Crippen LogP contribution in [0.3, 0.4) is 0 Å². The smallest absolute Gasteiger partial charge is 0.335 e. The van der Waals surface area contributed by atoms with Gasteiger partial charge in [-0.05, 0) is 20.3 Å². The number of rotatable bonds is 5. The zero-order valence-corrected chi connectivity index (χ0v) is 8.02. The fourth-order valence-electron chi connectivity index (χ4n) is 0.673. The van der Waals surface area contributed by atoms with Crippen molar-refractivity contribution in [3.63, 3.8) is 0 Å². The molecule has 0 saturated carbocycles. The molecule has 3 heteroatoms. The third-order valence-electron chi connectivity index (χ3n) is 1.31. The molecule has 0 aliphatic rings. The van der Waals surface area contributed by atoms with E-state index in [9.17, 15) is 4.79 Å². The Morgan fingerprint density at radius 3 is 2.67 bits per heavy atom. The SMILES string of the molecule is CCCN/C=C(\C)C(=O)OCC. The maximum absolute atomic E-state index is 11.0. The van der Waals surface area contributed by atoms with E-state index in [4.69, 9.17) is 4.74 Å². The number of hydrogen-bond donors (Lipinski definition) is 1. The summed E-state index contributed by atoms with van der Waals surface area (Å²) in [5.41, 5.74) is 0.616. The molecule has 0 radical (unpaired) electrons. The maximum Gasteiger partial charge on any atom is 0.335 e. The number of esters is 1. The Labute approximate surface area is 73.8 Å². The summed E-state index contributed by atoms with van der Waals surface area (Å²) in [6.45, 7) is 6.92. The van der Waals surface area contributed by atoms with Gasteiger partial charge in [0.1, 0.15) is 0 Å². The van der Waals surface area contributed by atoms with Gasteiger partial charge in [0, 0.05) is 18.3 Å². The van der Waals surface area contributed by atoms with Gasteiger partial charge in [-0.1, -0.05) is 6.92 Å². The van der Waals surface area contributed by atoms with Crippen LogP contribution in [0.2, 0.25) is 0 Å². The van der Waals surface area contributed by atoms with Crippen molar-refractivity contribution in [1.82, 2.24) is 5.32 Å². The van der Waals surface area contributed by atoms with Crippen molar-refractivity contribution >= 4 is 5.97 Å². The molecule has 12 heavy (non-hydrogen) atoms. The topological polar surface area (TPSA) is 38.3 Å². The van der Waals surface area contributed by atoms with Crippen molar-refractivity contribution in [3.8, 4) is 0 Å². The van der Waals surface area contributed by atoms with Gasteiger partial charge in [0.05, 0.1) is 6.61 Å². The molecule has 1 N–H and O–H groups in total. The maximum atomic E-state index is 11.0. The van der Waals surface area contributed by atoms with Gasteiger partial charge in [0.25, 0.3) is 0 Å². The van der Waals surface area contributed by atoms with Crippen molar-refractivity contribution in [2.24, 2.45) is 0 Å². The lowest BCUT2D eigenvalue weighted by Crippen LogP contribution is -2.11. The van der Waals surface area contributed by atoms with Crippen LogP contribution in [0.15, 0.2) is 11.8 Å². The molecule has 0 atom stereocenters. The molecule has 0 bridgehead atoms. The highest BCUT2D eigenvalue weighted by Crippen LogP contribution is 1.93. The summed E-state index contributed by atoms with van der Waals surface area (Å²) in [6.07, 6.45) is 2.74. The van der Waals surface area contributed by atoms with Crippen molar-refractivity contribution < 1.29 is 9.53 Å². The molecule has 0 aliphatic heterocycles. The van der Waals surface area contributed by atoms with Crippen molar-refractivity contribution in [2.75, 3.05) is 13.2 Å². The molecular weight excluding hydrogens is 154 g/mol. The molecule has 0 aromatic rings. The van der Waals surface area contributed by atoms with Gasteiger partial charge in [-0.25, -0.2) is 4.79 Å². The molecule has 0 rings (SSSR count). The summed E-state index contributed by atoms with van der Waals surface area (Å²) in [4.78, 5) is 11.0. The minimum absolute atomic E-state index is 0.249. The first kappa shape index (κ1) is 11.0. The first-order valence-corrected chi connectivity index (χ1v) is 4.29. The molecule has 0 aromatic heterocycles. The largest absolute Gasteiger partial charge is 0.463 e. The molecular formula is C9H17NO2. The van der Waals surface area contributed by atoms with Gasteiger partial charge >= 0.3 is 5.97 Å². The molecule has 0 saturated heterocycles. The Morgan fingerprint density at radius 2 is 2.17 bits per heavy atom. The lowest BCUT2D eigenvalue weighted by molar-refractivity contribution is -0.138. The van der Waals surface area contributed by atoms with Crippen LogP contribution >= 0.6 is 0 Å². The monoisotopic (exact) mass is 171 g/mol. The fourth-order valence-corrected chi connectivity index (χ4v) is 0.673. The standard InChI is InChI=1S/C9H17NO2/c1-4-6-10-7-8(3)9(11)12-5-2/h7,10H,4-6H2,1-3H3/b8-7+. The Balaban J connectivity index is 3.74. The van der Waals surface area contributed by atoms with Crippen LogP contribution in [0.1, 0.15) is 27.2 Å². The number of carbonyl (C=O) groups excluding carboxylic acids is 1. The van der Waals surface area contributed by atoms with E-state index in [1.54, 1.807) is 20.0 Å². The van der Waals surface area contributed by atoms with Gasteiger partial charge in [0.15, 0.2) is 0 Å². The van der Waals surface area contributed by atoms with Crippen LogP contribution in [0, 0.1) is 0 Å². The first-order chi connectivity index (χ1) is 5.72. The molecule has 0 aliphatic carbocycles. The molecule has 0 unspecified atom stereocenters. The van der Waals surface area contributed by atoms with Gasteiger partial charge in [-0.2, -0.15) is 0 Å². The van der Waals surface area contributed by atoms with Gasteiger partial charge in [0.2, 0.25) is 0 Å². The third-order valence-corrected chi connectivity index (χ3v) is 1.31. The summed E-state index contributed by atoms with van der Waals surface area (Å²) in [7, 11) is 0. The van der Waals surface area contributed by atoms with Crippen LogP contribution in [-0.2, 0) is 9.53 Å². The highest BCUT2D eigenvalue weighted by atomic mass is 16.5. The second-order valence-corrected chi connectivity index (χ2v) is 2.50. The predicted octanol–water partition coefficient (Wildman–Crippen LogP) is 1.45. The van der Waals surface area contributed by atoms with E-state index < -0.39 is 0 Å². The number of hydrogen-bond acceptors (Lipinski definition) is 3. The molecule has 70 valence electrons. The van der Waals surface area contributed by atoms with Crippen LogP contribution in [0.5, 0.6) is 0 Å². The highest BCUT2D eigenvalue weighted by molar-refractivity contribution is 5.87. The highest BCUT2D eigenvalue weighted by Gasteiger charge is 2.02. The van der Waals surface area contributed by atoms with Crippen molar-refractivity contribution in [1.29, 1.82) is 0 Å². The minimum atomic E-state index is -0.249. The van der Waals surface area contributed by atoms with Crippen molar-refractivity contribution in [2.45, 2.75) is 27.2 Å². The quantitative estimate of drug-likeness (QED) is 0.386. The Kier molecular flexibility index (Phi) is 6.15. The molecule has 0 fully saturated rings. The summed E-state index contributed by atoms with van der Waals surface area (Å²) in [6, 6.07) is 0. The Hall–Kier alpha value is -0.990. The lowest BCUT2D eigenvalue weighted by Gasteiger charge is -2.02. The molecule has 0 heterocycles. The molecule has 3 nitrogen and oxygen atoms in total. The molecule has 0 spiro atoms.